The number of amides is 2. The lowest BCUT2D eigenvalue weighted by atomic mass is 10.0. The monoisotopic (exact) mass is 400 g/mol. The third-order valence-corrected chi connectivity index (χ3v) is 5.51. The number of H-pyrrole nitrogens is 1. The van der Waals surface area contributed by atoms with Crippen LogP contribution in [0.25, 0.3) is 33.1 Å². The van der Waals surface area contributed by atoms with E-state index in [0.717, 1.165) is 27.4 Å². The van der Waals surface area contributed by atoms with E-state index >= 15 is 0 Å². The maximum absolute atomic E-state index is 12.9. The summed E-state index contributed by atoms with van der Waals surface area (Å²) in [6.07, 6.45) is 4.33. The molecule has 0 spiro atoms. The summed E-state index contributed by atoms with van der Waals surface area (Å²) in [5, 5.41) is 4.29. The smallest absolute Gasteiger partial charge is 0.275 e. The largest absolute Gasteiger partial charge is 0.497 e. The molecule has 7 heteroatoms. The van der Waals surface area contributed by atoms with Gasteiger partial charge >= 0.3 is 0 Å². The van der Waals surface area contributed by atoms with E-state index in [0.29, 0.717) is 35.5 Å². The minimum atomic E-state index is -0.424. The van der Waals surface area contributed by atoms with Crippen molar-refractivity contribution in [2.24, 2.45) is 5.73 Å². The van der Waals surface area contributed by atoms with Crippen LogP contribution in [0.15, 0.2) is 54.9 Å². The number of benzene rings is 2. The number of aromatic nitrogens is 2. The van der Waals surface area contributed by atoms with Crippen LogP contribution in [0.1, 0.15) is 11.1 Å². The van der Waals surface area contributed by atoms with E-state index < -0.39 is 11.8 Å². The van der Waals surface area contributed by atoms with Crippen molar-refractivity contribution >= 4 is 44.9 Å². The molecule has 0 radical (unpaired) electrons. The molecule has 2 amide bonds. The molecule has 4 N–H and O–H groups in total. The SMILES string of the molecule is COc1ccc2[nH]cc(C3=C(n4cc(CCN)c5ccccc54)C(=O)NC3=O)c2c1. The van der Waals surface area contributed by atoms with Gasteiger partial charge in [0.1, 0.15) is 11.4 Å². The van der Waals surface area contributed by atoms with Gasteiger partial charge < -0.3 is 20.0 Å². The quantitative estimate of drug-likeness (QED) is 0.448. The molecule has 0 fully saturated rings. The maximum Gasteiger partial charge on any atom is 0.275 e. The Kier molecular flexibility index (Phi) is 4.18. The molecule has 150 valence electrons. The van der Waals surface area contributed by atoms with Gasteiger partial charge in [0, 0.05) is 34.2 Å². The molecule has 1 aliphatic heterocycles. The summed E-state index contributed by atoms with van der Waals surface area (Å²) in [6.45, 7) is 0.493. The number of ether oxygens (including phenoxy) is 1. The number of nitrogens with zero attached hydrogens (tertiary/aromatic N) is 1. The maximum atomic E-state index is 12.9. The predicted octanol–water partition coefficient (Wildman–Crippen LogP) is 2.66. The van der Waals surface area contributed by atoms with Crippen LogP contribution in [0.2, 0.25) is 0 Å². The van der Waals surface area contributed by atoms with E-state index in [1.54, 1.807) is 17.9 Å². The Labute approximate surface area is 172 Å². The molecular weight excluding hydrogens is 380 g/mol. The fraction of sp³-hybridized carbons (Fsp3) is 0.130. The molecule has 2 aromatic carbocycles. The van der Waals surface area contributed by atoms with Crippen molar-refractivity contribution in [3.63, 3.8) is 0 Å². The zero-order chi connectivity index (χ0) is 20.8. The van der Waals surface area contributed by atoms with Crippen LogP contribution in [-0.4, -0.2) is 35.0 Å². The van der Waals surface area contributed by atoms with Crippen LogP contribution in [0.3, 0.4) is 0 Å². The van der Waals surface area contributed by atoms with Crippen molar-refractivity contribution in [2.45, 2.75) is 6.42 Å². The number of hydrogen-bond donors (Lipinski definition) is 3. The number of aromatic amines is 1. The molecule has 30 heavy (non-hydrogen) atoms. The first-order valence-corrected chi connectivity index (χ1v) is 9.67. The minimum absolute atomic E-state index is 0.309. The number of rotatable bonds is 5. The van der Waals surface area contributed by atoms with Crippen LogP contribution < -0.4 is 15.8 Å². The first-order chi connectivity index (χ1) is 14.6. The van der Waals surface area contributed by atoms with Gasteiger partial charge in [0.2, 0.25) is 0 Å². The molecule has 7 nitrogen and oxygen atoms in total. The molecule has 0 saturated heterocycles. The molecule has 0 aliphatic carbocycles. The average molecular weight is 400 g/mol. The summed E-state index contributed by atoms with van der Waals surface area (Å²) in [4.78, 5) is 28.9. The normalized spacial score (nSPS) is 14.2. The average Bonchev–Trinajstić information content (AvgIpc) is 3.41. The number of imide groups is 1. The zero-order valence-electron chi connectivity index (χ0n) is 16.4. The molecule has 4 aromatic rings. The fourth-order valence-electron chi connectivity index (χ4n) is 4.15. The lowest BCUT2D eigenvalue weighted by molar-refractivity contribution is -0.122. The van der Waals surface area contributed by atoms with Gasteiger partial charge in [-0.2, -0.15) is 0 Å². The Morgan fingerprint density at radius 1 is 1.07 bits per heavy atom. The van der Waals surface area contributed by atoms with Crippen LogP contribution in [0, 0.1) is 0 Å². The van der Waals surface area contributed by atoms with E-state index in [9.17, 15) is 9.59 Å². The van der Waals surface area contributed by atoms with Crippen molar-refractivity contribution in [1.82, 2.24) is 14.9 Å². The molecule has 0 atom stereocenters. The first-order valence-electron chi connectivity index (χ1n) is 9.67. The molecule has 0 unspecified atom stereocenters. The summed E-state index contributed by atoms with van der Waals surface area (Å²) in [7, 11) is 1.59. The number of fused-ring (bicyclic) bond motifs is 2. The molecule has 2 aromatic heterocycles. The number of methoxy groups -OCH3 is 1. The van der Waals surface area contributed by atoms with Gasteiger partial charge in [0.15, 0.2) is 0 Å². The number of nitrogens with two attached hydrogens (primary N) is 1. The van der Waals surface area contributed by atoms with Crippen molar-refractivity contribution < 1.29 is 14.3 Å². The Bertz CT molecular complexity index is 1360. The summed E-state index contributed by atoms with van der Waals surface area (Å²) in [5.74, 6) is -0.170. The van der Waals surface area contributed by atoms with Crippen LogP contribution >= 0.6 is 0 Å². The highest BCUT2D eigenvalue weighted by Crippen LogP contribution is 2.36. The topological polar surface area (TPSA) is 102 Å². The number of nitrogens with one attached hydrogen (secondary N) is 2. The van der Waals surface area contributed by atoms with Gasteiger partial charge in [-0.25, -0.2) is 0 Å². The van der Waals surface area contributed by atoms with Gasteiger partial charge in [0.25, 0.3) is 11.8 Å². The molecule has 1 aliphatic rings. The lowest BCUT2D eigenvalue weighted by Crippen LogP contribution is -2.23. The van der Waals surface area contributed by atoms with E-state index in [1.165, 1.54) is 0 Å². The van der Waals surface area contributed by atoms with E-state index in [-0.39, 0.29) is 0 Å². The summed E-state index contributed by atoms with van der Waals surface area (Å²) in [5.41, 5.74) is 9.83. The van der Waals surface area contributed by atoms with Gasteiger partial charge in [-0.1, -0.05) is 18.2 Å². The Hall–Kier alpha value is -3.84. The molecular formula is C23H20N4O3. The highest BCUT2D eigenvalue weighted by atomic mass is 16.5. The van der Waals surface area contributed by atoms with Crippen LogP contribution in [0.4, 0.5) is 0 Å². The second-order valence-electron chi connectivity index (χ2n) is 7.20. The zero-order valence-corrected chi connectivity index (χ0v) is 16.4. The van der Waals surface area contributed by atoms with Gasteiger partial charge in [-0.3, -0.25) is 14.9 Å². The van der Waals surface area contributed by atoms with Crippen LogP contribution in [-0.2, 0) is 16.0 Å². The standard InChI is InChI=1S/C23H20N4O3/c1-30-14-6-7-18-16(10-14)17(11-25-18)20-21(23(29)26-22(20)28)27-12-13(8-9-24)15-4-2-3-5-19(15)27/h2-7,10-12,25H,8-9,24H2,1H3,(H,26,28,29). The Morgan fingerprint density at radius 2 is 1.90 bits per heavy atom. The van der Waals surface area contributed by atoms with Crippen molar-refractivity contribution in [1.29, 1.82) is 0 Å². The number of carbonyl (C=O) groups excluding carboxylic acids is 2. The molecule has 0 saturated carbocycles. The summed E-state index contributed by atoms with van der Waals surface area (Å²) in [6, 6.07) is 13.4. The lowest BCUT2D eigenvalue weighted by Gasteiger charge is -2.07. The Balaban J connectivity index is 1.81. The van der Waals surface area contributed by atoms with Gasteiger partial charge in [0.05, 0.1) is 18.2 Å². The minimum Gasteiger partial charge on any atom is -0.497 e. The van der Waals surface area contributed by atoms with Crippen molar-refractivity contribution in [3.8, 4) is 5.75 Å². The Morgan fingerprint density at radius 3 is 2.70 bits per heavy atom. The van der Waals surface area contributed by atoms with E-state index in [1.807, 2.05) is 48.7 Å². The summed E-state index contributed by atoms with van der Waals surface area (Å²) < 4.78 is 7.14. The highest BCUT2D eigenvalue weighted by molar-refractivity contribution is 6.47. The number of carbonyl (C=O) groups is 2. The first kappa shape index (κ1) is 18.2. The van der Waals surface area contributed by atoms with Crippen LogP contribution in [0.5, 0.6) is 5.75 Å². The van der Waals surface area contributed by atoms with E-state index in [4.69, 9.17) is 10.5 Å². The van der Waals surface area contributed by atoms with Gasteiger partial charge in [-0.05, 0) is 42.8 Å². The fourth-order valence-corrected chi connectivity index (χ4v) is 4.15. The molecule has 0 bridgehead atoms. The second kappa shape index (κ2) is 6.89. The third kappa shape index (κ3) is 2.63. The van der Waals surface area contributed by atoms with E-state index in [2.05, 4.69) is 10.3 Å². The summed E-state index contributed by atoms with van der Waals surface area (Å²) >= 11 is 0. The van der Waals surface area contributed by atoms with Gasteiger partial charge in [-0.15, -0.1) is 0 Å². The van der Waals surface area contributed by atoms with Crippen molar-refractivity contribution in [2.75, 3.05) is 13.7 Å². The second-order valence-corrected chi connectivity index (χ2v) is 7.20. The highest BCUT2D eigenvalue weighted by Gasteiger charge is 2.34. The molecule has 3 heterocycles. The number of hydrogen-bond acceptors (Lipinski definition) is 4. The van der Waals surface area contributed by atoms with Crippen molar-refractivity contribution in [3.05, 3.63) is 66.0 Å². The third-order valence-electron chi connectivity index (χ3n) is 5.51. The molecule has 5 rings (SSSR count). The number of para-hydroxylation sites is 1. The predicted molar refractivity (Wildman–Crippen MR) is 116 cm³/mol.